The first kappa shape index (κ1) is 20.8. The number of nitrogens with two attached hydrogens (primary N) is 1. The van der Waals surface area contributed by atoms with Gasteiger partial charge in [0.05, 0.1) is 24.2 Å². The molecule has 1 saturated heterocycles. The summed E-state index contributed by atoms with van der Waals surface area (Å²) in [6.45, 7) is 9.10. The normalized spacial score (nSPS) is 15.1. The second kappa shape index (κ2) is 8.02. The van der Waals surface area contributed by atoms with E-state index >= 15 is 0 Å². The van der Waals surface area contributed by atoms with E-state index in [9.17, 15) is 12.8 Å². The molecule has 2 heterocycles. The van der Waals surface area contributed by atoms with E-state index < -0.39 is 15.8 Å². The molecule has 0 amide bonds. The molecule has 1 aromatic heterocycles. The number of nitrogens with zero attached hydrogens (tertiary/aromatic N) is 5. The Morgan fingerprint density at radius 2 is 1.68 bits per heavy atom. The molecule has 31 heavy (non-hydrogen) atoms. The second-order valence-corrected chi connectivity index (χ2v) is 9.29. The summed E-state index contributed by atoms with van der Waals surface area (Å²) in [4.78, 5) is 5.26. The first-order chi connectivity index (χ1) is 14.8. The molecule has 1 aliphatic rings. The molecule has 10 heteroatoms. The zero-order valence-electron chi connectivity index (χ0n) is 16.9. The minimum Gasteiger partial charge on any atom is -0.384 e. The molecule has 0 unspecified atom stereocenters. The van der Waals surface area contributed by atoms with E-state index in [0.717, 1.165) is 11.4 Å². The highest BCUT2D eigenvalue weighted by molar-refractivity contribution is 7.88. The van der Waals surface area contributed by atoms with Crippen molar-refractivity contribution in [2.45, 2.75) is 0 Å². The van der Waals surface area contributed by atoms with Crippen LogP contribution in [0.1, 0.15) is 0 Å². The Hall–Kier alpha value is -3.42. The first-order valence-corrected chi connectivity index (χ1v) is 11.4. The molecule has 0 radical (unpaired) electrons. The van der Waals surface area contributed by atoms with Gasteiger partial charge in [0, 0.05) is 43.5 Å². The number of hydrogen-bond acceptors (Lipinski definition) is 5. The van der Waals surface area contributed by atoms with E-state index in [1.807, 2.05) is 24.3 Å². The van der Waals surface area contributed by atoms with Crippen molar-refractivity contribution in [1.82, 2.24) is 14.1 Å². The Kier molecular flexibility index (Phi) is 5.39. The fourth-order valence-electron chi connectivity index (χ4n) is 3.58. The van der Waals surface area contributed by atoms with E-state index in [-0.39, 0.29) is 5.69 Å². The van der Waals surface area contributed by atoms with Gasteiger partial charge in [-0.2, -0.15) is 9.40 Å². The number of halogens is 1. The minimum atomic E-state index is -3.16. The maximum Gasteiger partial charge on any atom is 0.222 e. The van der Waals surface area contributed by atoms with Gasteiger partial charge < -0.3 is 10.6 Å². The van der Waals surface area contributed by atoms with Crippen molar-refractivity contribution in [1.29, 1.82) is 0 Å². The highest BCUT2D eigenvalue weighted by Gasteiger charge is 2.23. The Labute approximate surface area is 180 Å². The molecule has 0 saturated carbocycles. The monoisotopic (exact) mass is 440 g/mol. The van der Waals surface area contributed by atoms with Gasteiger partial charge in [-0.25, -0.2) is 22.3 Å². The third-order valence-corrected chi connectivity index (χ3v) is 6.57. The standard InChI is InChI=1S/C21H21FN6O2S/c1-24-19-8-3-15(13-18(19)22)20-14-21(23)28(25-20)17-6-4-16(5-7-17)26-9-11-27(12-10-26)31(2,29)30/h3-8,13-14H,9-12,23H2,2H3. The van der Waals surface area contributed by atoms with Gasteiger partial charge in [0.25, 0.3) is 0 Å². The van der Waals surface area contributed by atoms with E-state index in [0.29, 0.717) is 43.3 Å². The molecule has 4 rings (SSSR count). The SMILES string of the molecule is [C-]#[N+]c1ccc(-c2cc(N)n(-c3ccc(N4CCN(S(C)(=O)=O)CC4)cc3)n2)cc1F. The highest BCUT2D eigenvalue weighted by Crippen LogP contribution is 2.28. The van der Waals surface area contributed by atoms with Crippen molar-refractivity contribution in [2.24, 2.45) is 0 Å². The van der Waals surface area contributed by atoms with Crippen LogP contribution in [-0.2, 0) is 10.0 Å². The predicted molar refractivity (Wildman–Crippen MR) is 118 cm³/mol. The van der Waals surface area contributed by atoms with Gasteiger partial charge >= 0.3 is 0 Å². The molecule has 8 nitrogen and oxygen atoms in total. The van der Waals surface area contributed by atoms with E-state index in [2.05, 4.69) is 14.8 Å². The van der Waals surface area contributed by atoms with Gasteiger partial charge in [-0.1, -0.05) is 12.1 Å². The zero-order chi connectivity index (χ0) is 22.2. The third-order valence-electron chi connectivity index (χ3n) is 5.27. The molecule has 1 fully saturated rings. The van der Waals surface area contributed by atoms with Gasteiger partial charge in [0.15, 0.2) is 0 Å². The lowest BCUT2D eigenvalue weighted by Crippen LogP contribution is -2.48. The number of anilines is 2. The molecule has 160 valence electrons. The molecule has 2 N–H and O–H groups in total. The van der Waals surface area contributed by atoms with Crippen LogP contribution in [0.25, 0.3) is 21.8 Å². The molecule has 3 aromatic rings. The third kappa shape index (κ3) is 4.23. The summed E-state index contributed by atoms with van der Waals surface area (Å²) in [5.41, 5.74) is 8.87. The Morgan fingerprint density at radius 3 is 2.26 bits per heavy atom. The summed E-state index contributed by atoms with van der Waals surface area (Å²) < 4.78 is 40.4. The van der Waals surface area contributed by atoms with Gasteiger partial charge in [-0.05, 0) is 30.3 Å². The van der Waals surface area contributed by atoms with Gasteiger partial charge in [0.2, 0.25) is 15.7 Å². The number of sulfonamides is 1. The number of aromatic nitrogens is 2. The first-order valence-electron chi connectivity index (χ1n) is 9.60. The molecule has 0 aliphatic carbocycles. The molecule has 0 bridgehead atoms. The Morgan fingerprint density at radius 1 is 1.03 bits per heavy atom. The summed E-state index contributed by atoms with van der Waals surface area (Å²) in [6, 6.07) is 13.6. The Balaban J connectivity index is 1.53. The summed E-state index contributed by atoms with van der Waals surface area (Å²) in [7, 11) is -3.16. The fraction of sp³-hybridized carbons (Fsp3) is 0.238. The summed E-state index contributed by atoms with van der Waals surface area (Å²) in [5, 5.41) is 4.49. The van der Waals surface area contributed by atoms with E-state index in [1.54, 1.807) is 16.8 Å². The molecular formula is C21H21FN6O2S. The van der Waals surface area contributed by atoms with Crippen LogP contribution in [0.4, 0.5) is 21.6 Å². The van der Waals surface area contributed by atoms with Crippen LogP contribution in [0.15, 0.2) is 48.5 Å². The second-order valence-electron chi connectivity index (χ2n) is 7.31. The highest BCUT2D eigenvalue weighted by atomic mass is 32.2. The number of benzene rings is 2. The zero-order valence-corrected chi connectivity index (χ0v) is 17.7. The summed E-state index contributed by atoms with van der Waals surface area (Å²) >= 11 is 0. The number of piperazine rings is 1. The molecule has 0 atom stereocenters. The topological polar surface area (TPSA) is 88.8 Å². The minimum absolute atomic E-state index is 0.0379. The average Bonchev–Trinajstić information content (AvgIpc) is 3.15. The van der Waals surface area contributed by atoms with Crippen molar-refractivity contribution >= 4 is 27.2 Å². The number of nitrogen functional groups attached to an aromatic ring is 1. The van der Waals surface area contributed by atoms with Crippen molar-refractivity contribution in [3.05, 3.63) is 65.8 Å². The Bertz CT molecular complexity index is 1260. The average molecular weight is 441 g/mol. The van der Waals surface area contributed by atoms with Crippen molar-refractivity contribution in [3.8, 4) is 16.9 Å². The van der Waals surface area contributed by atoms with Crippen LogP contribution in [0.3, 0.4) is 0 Å². The van der Waals surface area contributed by atoms with Crippen LogP contribution < -0.4 is 10.6 Å². The molecule has 1 aliphatic heterocycles. The van der Waals surface area contributed by atoms with Crippen LogP contribution >= 0.6 is 0 Å². The number of rotatable bonds is 4. The van der Waals surface area contributed by atoms with E-state index in [4.69, 9.17) is 12.3 Å². The maximum absolute atomic E-state index is 14.0. The lowest BCUT2D eigenvalue weighted by Gasteiger charge is -2.34. The quantitative estimate of drug-likeness (QED) is 0.630. The fourth-order valence-corrected chi connectivity index (χ4v) is 4.41. The smallest absolute Gasteiger partial charge is 0.222 e. The summed E-state index contributed by atoms with van der Waals surface area (Å²) in [5.74, 6) is -0.194. The predicted octanol–water partition coefficient (Wildman–Crippen LogP) is 2.89. The molecule has 0 spiro atoms. The van der Waals surface area contributed by atoms with Crippen molar-refractivity contribution < 1.29 is 12.8 Å². The van der Waals surface area contributed by atoms with Gasteiger partial charge in [0.1, 0.15) is 11.6 Å². The van der Waals surface area contributed by atoms with E-state index in [1.165, 1.54) is 22.7 Å². The van der Waals surface area contributed by atoms with Crippen LogP contribution in [0, 0.1) is 12.4 Å². The largest absolute Gasteiger partial charge is 0.384 e. The van der Waals surface area contributed by atoms with Crippen LogP contribution in [0.2, 0.25) is 0 Å². The van der Waals surface area contributed by atoms with Crippen LogP contribution in [-0.4, -0.2) is 54.9 Å². The number of hydrogen-bond donors (Lipinski definition) is 1. The summed E-state index contributed by atoms with van der Waals surface area (Å²) in [6.07, 6.45) is 1.23. The maximum atomic E-state index is 14.0. The van der Waals surface area contributed by atoms with Crippen molar-refractivity contribution in [2.75, 3.05) is 43.1 Å². The van der Waals surface area contributed by atoms with Crippen molar-refractivity contribution in [3.63, 3.8) is 0 Å². The molecular weight excluding hydrogens is 419 g/mol. The lowest BCUT2D eigenvalue weighted by atomic mass is 10.1. The van der Waals surface area contributed by atoms with Gasteiger partial charge in [-0.15, -0.1) is 0 Å². The molecule has 2 aromatic carbocycles. The van der Waals surface area contributed by atoms with Crippen LogP contribution in [0.5, 0.6) is 0 Å². The van der Waals surface area contributed by atoms with Gasteiger partial charge in [-0.3, -0.25) is 0 Å². The lowest BCUT2D eigenvalue weighted by molar-refractivity contribution is 0.388.